The lowest BCUT2D eigenvalue weighted by molar-refractivity contribution is -0.139. The van der Waals surface area contributed by atoms with Gasteiger partial charge in [0.1, 0.15) is 5.82 Å². The molecule has 0 saturated heterocycles. The van der Waals surface area contributed by atoms with Crippen LogP contribution in [0.4, 0.5) is 4.39 Å². The summed E-state index contributed by atoms with van der Waals surface area (Å²) in [7, 11) is 0. The lowest BCUT2D eigenvalue weighted by Gasteiger charge is -2.10. The summed E-state index contributed by atoms with van der Waals surface area (Å²) >= 11 is 1.26. The number of ketones is 1. The van der Waals surface area contributed by atoms with E-state index < -0.39 is 0 Å². The van der Waals surface area contributed by atoms with Crippen LogP contribution in [0.3, 0.4) is 0 Å². The van der Waals surface area contributed by atoms with E-state index in [1.54, 1.807) is 19.1 Å². The summed E-state index contributed by atoms with van der Waals surface area (Å²) in [5.74, 6) is -0.165. The summed E-state index contributed by atoms with van der Waals surface area (Å²) < 4.78 is 19.9. The zero-order valence-corrected chi connectivity index (χ0v) is 15.5. The molecule has 2 rings (SSSR count). The van der Waals surface area contributed by atoms with Gasteiger partial charge in [-0.3, -0.25) is 9.59 Å². The molecule has 0 unspecified atom stereocenters. The molecule has 25 heavy (non-hydrogen) atoms. The number of carbonyl (C=O) groups excluding carboxylic acids is 2. The van der Waals surface area contributed by atoms with Crippen LogP contribution < -0.4 is 0 Å². The van der Waals surface area contributed by atoms with Gasteiger partial charge in [0.05, 0.1) is 18.1 Å². The average molecular weight is 363 g/mol. The number of thioether (sulfide) groups is 1. The molecule has 1 heterocycles. The average Bonchev–Trinajstić information content (AvgIpc) is 2.85. The number of hydrogen-bond donors (Lipinski definition) is 0. The molecule has 0 aliphatic carbocycles. The van der Waals surface area contributed by atoms with Crippen LogP contribution in [0, 0.1) is 19.7 Å². The Hall–Kier alpha value is -2.08. The first kappa shape index (κ1) is 19.2. The monoisotopic (exact) mass is 363 g/mol. The van der Waals surface area contributed by atoms with Crippen LogP contribution in [0.1, 0.15) is 34.2 Å². The molecule has 0 spiro atoms. The number of benzene rings is 1. The van der Waals surface area contributed by atoms with Crippen LogP contribution >= 0.6 is 11.8 Å². The highest BCUT2D eigenvalue weighted by Crippen LogP contribution is 2.19. The second-order valence-corrected chi connectivity index (χ2v) is 6.70. The predicted octanol–water partition coefficient (Wildman–Crippen LogP) is 3.77. The number of esters is 1. The van der Waals surface area contributed by atoms with Crippen LogP contribution in [0.15, 0.2) is 30.3 Å². The fraction of sp³-hybridized carbons (Fsp3) is 0.368. The summed E-state index contributed by atoms with van der Waals surface area (Å²) in [6, 6.07) is 8.21. The molecule has 0 amide bonds. The largest absolute Gasteiger partial charge is 0.465 e. The number of nitrogens with zero attached hydrogens (tertiary/aromatic N) is 1. The van der Waals surface area contributed by atoms with Crippen molar-refractivity contribution in [3.63, 3.8) is 0 Å². The number of aromatic nitrogens is 1. The fourth-order valence-corrected chi connectivity index (χ4v) is 3.30. The van der Waals surface area contributed by atoms with Crippen molar-refractivity contribution in [1.29, 1.82) is 0 Å². The highest BCUT2D eigenvalue weighted by atomic mass is 32.2. The first-order chi connectivity index (χ1) is 11.9. The Morgan fingerprint density at radius 3 is 2.48 bits per heavy atom. The number of carbonyl (C=O) groups is 2. The quantitative estimate of drug-likeness (QED) is 0.529. The van der Waals surface area contributed by atoms with Gasteiger partial charge in [0.25, 0.3) is 0 Å². The van der Waals surface area contributed by atoms with E-state index in [0.29, 0.717) is 18.7 Å². The van der Waals surface area contributed by atoms with Gasteiger partial charge < -0.3 is 9.30 Å². The Kier molecular flexibility index (Phi) is 6.82. The van der Waals surface area contributed by atoms with Crippen LogP contribution in [0.5, 0.6) is 0 Å². The Morgan fingerprint density at radius 1 is 1.16 bits per heavy atom. The number of hydrogen-bond acceptors (Lipinski definition) is 4. The van der Waals surface area contributed by atoms with Gasteiger partial charge in [0.15, 0.2) is 5.78 Å². The number of Topliss-reactive ketones (excluding diaryl/α,β-unsaturated/α-hetero) is 1. The van der Waals surface area contributed by atoms with Crippen molar-refractivity contribution in [2.75, 3.05) is 18.1 Å². The topological polar surface area (TPSA) is 48.3 Å². The maximum Gasteiger partial charge on any atom is 0.315 e. The first-order valence-corrected chi connectivity index (χ1v) is 9.25. The van der Waals surface area contributed by atoms with Gasteiger partial charge in [-0.05, 0) is 44.5 Å². The molecule has 0 N–H and O–H groups in total. The van der Waals surface area contributed by atoms with Crippen molar-refractivity contribution in [3.05, 3.63) is 58.7 Å². The molecular weight excluding hydrogens is 341 g/mol. The van der Waals surface area contributed by atoms with Gasteiger partial charge in [0.2, 0.25) is 0 Å². The number of halogens is 1. The van der Waals surface area contributed by atoms with Crippen molar-refractivity contribution in [2.24, 2.45) is 0 Å². The van der Waals surface area contributed by atoms with Crippen molar-refractivity contribution in [2.45, 2.75) is 27.3 Å². The SMILES string of the molecule is CCOC(=O)CSCC(=O)c1cc(C)n(Cc2ccc(F)cc2)c1C. The van der Waals surface area contributed by atoms with Gasteiger partial charge in [-0.15, -0.1) is 11.8 Å². The maximum atomic E-state index is 13.0. The normalized spacial score (nSPS) is 10.7. The molecule has 0 atom stereocenters. The zero-order chi connectivity index (χ0) is 18.4. The Bertz CT molecular complexity index is 753. The van der Waals surface area contributed by atoms with E-state index in [2.05, 4.69) is 0 Å². The Balaban J connectivity index is 2.03. The van der Waals surface area contributed by atoms with Gasteiger partial charge in [0, 0.05) is 23.5 Å². The summed E-state index contributed by atoms with van der Waals surface area (Å²) in [5, 5.41) is 0. The van der Waals surface area contributed by atoms with Gasteiger partial charge >= 0.3 is 5.97 Å². The molecule has 0 fully saturated rings. The van der Waals surface area contributed by atoms with Crippen molar-refractivity contribution in [3.8, 4) is 0 Å². The highest BCUT2D eigenvalue weighted by molar-refractivity contribution is 8.00. The minimum absolute atomic E-state index is 0.00671. The van der Waals surface area contributed by atoms with Gasteiger partial charge in [-0.1, -0.05) is 12.1 Å². The molecule has 6 heteroatoms. The molecular formula is C19H22FNO3S. The summed E-state index contributed by atoms with van der Waals surface area (Å²) in [6.45, 7) is 6.53. The standard InChI is InChI=1S/C19H22FNO3S/c1-4-24-19(23)12-25-11-18(22)17-9-13(2)21(14(17)3)10-15-5-7-16(20)8-6-15/h5-9H,4,10-12H2,1-3H3. The Labute approximate surface area is 151 Å². The van der Waals surface area contributed by atoms with Crippen LogP contribution in [0.25, 0.3) is 0 Å². The van der Waals surface area contributed by atoms with Gasteiger partial charge in [-0.2, -0.15) is 0 Å². The molecule has 0 aliphatic rings. The minimum atomic E-state index is -0.304. The third-order valence-corrected chi connectivity index (χ3v) is 4.79. The molecule has 1 aromatic carbocycles. The van der Waals surface area contributed by atoms with E-state index in [-0.39, 0.29) is 29.1 Å². The predicted molar refractivity (Wildman–Crippen MR) is 97.7 cm³/mol. The maximum absolute atomic E-state index is 13.0. The fourth-order valence-electron chi connectivity index (χ4n) is 2.61. The van der Waals surface area contributed by atoms with E-state index >= 15 is 0 Å². The van der Waals surface area contributed by atoms with Crippen molar-refractivity contribution in [1.82, 2.24) is 4.57 Å². The lowest BCUT2D eigenvalue weighted by atomic mass is 10.2. The molecule has 0 radical (unpaired) electrons. The molecule has 0 saturated carbocycles. The van der Waals surface area contributed by atoms with E-state index in [1.165, 1.54) is 23.9 Å². The third kappa shape index (κ3) is 5.19. The first-order valence-electron chi connectivity index (χ1n) is 8.10. The zero-order valence-electron chi connectivity index (χ0n) is 14.7. The second-order valence-electron chi connectivity index (χ2n) is 5.72. The third-order valence-electron chi connectivity index (χ3n) is 3.89. The van der Waals surface area contributed by atoms with Gasteiger partial charge in [-0.25, -0.2) is 4.39 Å². The molecule has 4 nitrogen and oxygen atoms in total. The lowest BCUT2D eigenvalue weighted by Crippen LogP contribution is -2.11. The van der Waals surface area contributed by atoms with E-state index in [1.807, 2.05) is 24.5 Å². The van der Waals surface area contributed by atoms with Crippen LogP contribution in [-0.2, 0) is 16.1 Å². The molecule has 1 aromatic heterocycles. The van der Waals surface area contributed by atoms with E-state index in [9.17, 15) is 14.0 Å². The second kappa shape index (κ2) is 8.85. The number of ether oxygens (including phenoxy) is 1. The summed E-state index contributed by atoms with van der Waals surface area (Å²) in [5.41, 5.74) is 3.49. The molecule has 134 valence electrons. The molecule has 2 aromatic rings. The number of rotatable bonds is 8. The number of aryl methyl sites for hydroxylation is 1. The molecule has 0 bridgehead atoms. The highest BCUT2D eigenvalue weighted by Gasteiger charge is 2.16. The van der Waals surface area contributed by atoms with Crippen molar-refractivity contribution < 1.29 is 18.7 Å². The summed E-state index contributed by atoms with van der Waals surface area (Å²) in [4.78, 5) is 23.8. The van der Waals surface area contributed by atoms with Crippen LogP contribution in [-0.4, -0.2) is 34.4 Å². The summed E-state index contributed by atoms with van der Waals surface area (Å²) in [6.07, 6.45) is 0. The van der Waals surface area contributed by atoms with E-state index in [4.69, 9.17) is 4.74 Å². The van der Waals surface area contributed by atoms with Crippen LogP contribution in [0.2, 0.25) is 0 Å². The van der Waals surface area contributed by atoms with E-state index in [0.717, 1.165) is 17.0 Å². The Morgan fingerprint density at radius 2 is 1.84 bits per heavy atom. The molecule has 0 aliphatic heterocycles. The minimum Gasteiger partial charge on any atom is -0.465 e. The van der Waals surface area contributed by atoms with Crippen molar-refractivity contribution >= 4 is 23.5 Å². The smallest absolute Gasteiger partial charge is 0.315 e.